The molecule has 0 saturated carbocycles. The van der Waals surface area contributed by atoms with E-state index in [1.165, 1.54) is 51.5 Å². The summed E-state index contributed by atoms with van der Waals surface area (Å²) in [5, 5.41) is 0. The maximum absolute atomic E-state index is 2.90. The van der Waals surface area contributed by atoms with Crippen LogP contribution in [-0.2, 0) is 0 Å². The Morgan fingerprint density at radius 1 is 1.06 bits per heavy atom. The van der Waals surface area contributed by atoms with Crippen LogP contribution in [0.3, 0.4) is 0 Å². The predicted molar refractivity (Wildman–Crippen MR) is 70.6 cm³/mol. The summed E-state index contributed by atoms with van der Waals surface area (Å²) in [5.41, 5.74) is 0. The summed E-state index contributed by atoms with van der Waals surface area (Å²) >= 11 is 0. The summed E-state index contributed by atoms with van der Waals surface area (Å²) in [5.74, 6) is 1.99. The Hall–Kier alpha value is -0.0400. The first-order valence-corrected chi connectivity index (χ1v) is 7.57. The fourth-order valence-corrected chi connectivity index (χ4v) is 4.28. The van der Waals surface area contributed by atoms with E-state index in [2.05, 4.69) is 25.7 Å². The average molecular weight is 223 g/mol. The lowest BCUT2D eigenvalue weighted by molar-refractivity contribution is 0.0188. The summed E-state index contributed by atoms with van der Waals surface area (Å²) in [6.07, 6.45) is 10.0. The van der Waals surface area contributed by atoms with Gasteiger partial charge in [-0.1, -0.05) is 40.0 Å². The molecule has 4 atom stereocenters. The van der Waals surface area contributed by atoms with Crippen molar-refractivity contribution in [1.82, 2.24) is 4.90 Å². The van der Waals surface area contributed by atoms with Gasteiger partial charge in [0.25, 0.3) is 0 Å². The first-order chi connectivity index (χ1) is 7.81. The van der Waals surface area contributed by atoms with Gasteiger partial charge in [0.1, 0.15) is 0 Å². The molecule has 2 fully saturated rings. The zero-order valence-corrected chi connectivity index (χ0v) is 11.4. The molecule has 2 aliphatic rings. The lowest BCUT2D eigenvalue weighted by Crippen LogP contribution is -2.51. The summed E-state index contributed by atoms with van der Waals surface area (Å²) in [6.45, 7) is 8.54. The zero-order chi connectivity index (χ0) is 11.5. The van der Waals surface area contributed by atoms with Gasteiger partial charge >= 0.3 is 0 Å². The number of rotatable bonds is 4. The molecule has 2 saturated heterocycles. The van der Waals surface area contributed by atoms with Gasteiger partial charge in [0.05, 0.1) is 0 Å². The summed E-state index contributed by atoms with van der Waals surface area (Å²) in [7, 11) is 0. The van der Waals surface area contributed by atoms with Crippen molar-refractivity contribution in [2.75, 3.05) is 6.54 Å². The molecule has 0 amide bonds. The van der Waals surface area contributed by atoms with Gasteiger partial charge in [0.15, 0.2) is 0 Å². The molecule has 2 heterocycles. The minimum absolute atomic E-state index is 0.922. The van der Waals surface area contributed by atoms with E-state index in [0.717, 1.165) is 23.9 Å². The van der Waals surface area contributed by atoms with E-state index < -0.39 is 0 Å². The standard InChI is InChI=1S/C15H29N/c1-4-8-14-12(5-2)11-13(6-3)15-9-7-10-16(14)15/h12-15H,4-11H2,1-3H3/t12-,13+,14+,15-/m0/s1. The fraction of sp³-hybridized carbons (Fsp3) is 1.00. The molecule has 2 rings (SSSR count). The van der Waals surface area contributed by atoms with Crippen LogP contribution in [0, 0.1) is 11.8 Å². The van der Waals surface area contributed by atoms with Gasteiger partial charge in [0.2, 0.25) is 0 Å². The second kappa shape index (κ2) is 5.53. The Morgan fingerprint density at radius 2 is 1.81 bits per heavy atom. The summed E-state index contributed by atoms with van der Waals surface area (Å²) in [4.78, 5) is 2.90. The number of hydrogen-bond acceptors (Lipinski definition) is 1. The molecule has 0 aliphatic carbocycles. The van der Waals surface area contributed by atoms with Crippen LogP contribution in [0.2, 0.25) is 0 Å². The molecule has 0 aromatic heterocycles. The SMILES string of the molecule is CCC[C@@H]1[C@@H](CC)C[C@@H](CC)[C@@H]2CCCN12. The van der Waals surface area contributed by atoms with Crippen LogP contribution in [0.1, 0.15) is 65.7 Å². The number of hydrogen-bond donors (Lipinski definition) is 0. The van der Waals surface area contributed by atoms with Crippen molar-refractivity contribution in [1.29, 1.82) is 0 Å². The van der Waals surface area contributed by atoms with E-state index in [9.17, 15) is 0 Å². The van der Waals surface area contributed by atoms with Crippen LogP contribution >= 0.6 is 0 Å². The molecule has 0 spiro atoms. The van der Waals surface area contributed by atoms with E-state index in [1.54, 1.807) is 0 Å². The van der Waals surface area contributed by atoms with Crippen molar-refractivity contribution >= 4 is 0 Å². The minimum Gasteiger partial charge on any atom is -0.297 e. The average Bonchev–Trinajstić information content (AvgIpc) is 2.78. The second-order valence-electron chi connectivity index (χ2n) is 5.88. The normalized spacial score (nSPS) is 39.9. The molecule has 0 unspecified atom stereocenters. The highest BCUT2D eigenvalue weighted by Crippen LogP contribution is 2.42. The van der Waals surface area contributed by atoms with Gasteiger partial charge in [-0.05, 0) is 44.1 Å². The van der Waals surface area contributed by atoms with Crippen LogP contribution in [0.15, 0.2) is 0 Å². The molecule has 0 N–H and O–H groups in total. The molecule has 1 heteroatoms. The third-order valence-electron chi connectivity index (χ3n) is 5.10. The Kier molecular flexibility index (Phi) is 4.29. The van der Waals surface area contributed by atoms with Crippen molar-refractivity contribution in [3.8, 4) is 0 Å². The quantitative estimate of drug-likeness (QED) is 0.694. The first kappa shape index (κ1) is 12.4. The molecular formula is C15H29N. The van der Waals surface area contributed by atoms with Gasteiger partial charge in [-0.25, -0.2) is 0 Å². The molecule has 94 valence electrons. The lowest BCUT2D eigenvalue weighted by Gasteiger charge is -2.47. The highest BCUT2D eigenvalue weighted by atomic mass is 15.2. The van der Waals surface area contributed by atoms with Crippen LogP contribution in [-0.4, -0.2) is 23.5 Å². The Labute approximate surface area is 102 Å². The largest absolute Gasteiger partial charge is 0.297 e. The van der Waals surface area contributed by atoms with Crippen LogP contribution < -0.4 is 0 Å². The maximum Gasteiger partial charge on any atom is 0.0127 e. The van der Waals surface area contributed by atoms with Crippen LogP contribution in [0.4, 0.5) is 0 Å². The predicted octanol–water partition coefficient (Wildman–Crippen LogP) is 4.08. The molecule has 0 radical (unpaired) electrons. The summed E-state index contributed by atoms with van der Waals surface area (Å²) < 4.78 is 0. The van der Waals surface area contributed by atoms with Gasteiger partial charge in [-0.2, -0.15) is 0 Å². The topological polar surface area (TPSA) is 3.24 Å². The van der Waals surface area contributed by atoms with Crippen LogP contribution in [0.25, 0.3) is 0 Å². The Bertz CT molecular complexity index is 213. The highest BCUT2D eigenvalue weighted by molar-refractivity contribution is 4.96. The Morgan fingerprint density at radius 3 is 2.44 bits per heavy atom. The van der Waals surface area contributed by atoms with E-state index in [4.69, 9.17) is 0 Å². The first-order valence-electron chi connectivity index (χ1n) is 7.57. The van der Waals surface area contributed by atoms with E-state index >= 15 is 0 Å². The van der Waals surface area contributed by atoms with Gasteiger partial charge in [-0.15, -0.1) is 0 Å². The van der Waals surface area contributed by atoms with Gasteiger partial charge < -0.3 is 0 Å². The van der Waals surface area contributed by atoms with E-state index in [0.29, 0.717) is 0 Å². The molecular weight excluding hydrogens is 194 g/mol. The Balaban J connectivity index is 2.11. The molecule has 1 nitrogen and oxygen atoms in total. The monoisotopic (exact) mass is 223 g/mol. The zero-order valence-electron chi connectivity index (χ0n) is 11.4. The van der Waals surface area contributed by atoms with E-state index in [-0.39, 0.29) is 0 Å². The third kappa shape index (κ3) is 2.16. The highest BCUT2D eigenvalue weighted by Gasteiger charge is 2.42. The molecule has 0 aromatic rings. The van der Waals surface area contributed by atoms with Crippen molar-refractivity contribution in [3.63, 3.8) is 0 Å². The van der Waals surface area contributed by atoms with Crippen molar-refractivity contribution < 1.29 is 0 Å². The second-order valence-corrected chi connectivity index (χ2v) is 5.88. The number of piperidine rings is 1. The van der Waals surface area contributed by atoms with Crippen molar-refractivity contribution in [2.45, 2.75) is 77.8 Å². The minimum atomic E-state index is 0.922. The molecule has 0 bridgehead atoms. The number of nitrogens with zero attached hydrogens (tertiary/aromatic N) is 1. The fourth-order valence-electron chi connectivity index (χ4n) is 4.28. The molecule has 2 aliphatic heterocycles. The maximum atomic E-state index is 2.90. The molecule has 0 aromatic carbocycles. The van der Waals surface area contributed by atoms with E-state index in [1.807, 2.05) is 0 Å². The third-order valence-corrected chi connectivity index (χ3v) is 5.10. The lowest BCUT2D eigenvalue weighted by atomic mass is 9.75. The van der Waals surface area contributed by atoms with Crippen LogP contribution in [0.5, 0.6) is 0 Å². The molecule has 16 heavy (non-hydrogen) atoms. The van der Waals surface area contributed by atoms with Gasteiger partial charge in [0, 0.05) is 12.1 Å². The smallest absolute Gasteiger partial charge is 0.0127 e. The number of fused-ring (bicyclic) bond motifs is 1. The van der Waals surface area contributed by atoms with Crippen molar-refractivity contribution in [3.05, 3.63) is 0 Å². The summed E-state index contributed by atoms with van der Waals surface area (Å²) in [6, 6.07) is 1.87. The van der Waals surface area contributed by atoms with Gasteiger partial charge in [-0.3, -0.25) is 4.90 Å². The van der Waals surface area contributed by atoms with Crippen molar-refractivity contribution in [2.24, 2.45) is 11.8 Å².